The molecule has 1 heterocycles. The normalized spacial score (nSPS) is 11.0. The van der Waals surface area contributed by atoms with Gasteiger partial charge in [-0.25, -0.2) is 5.43 Å². The summed E-state index contributed by atoms with van der Waals surface area (Å²) in [4.78, 5) is 16.6. The Hall–Kier alpha value is -3.09. The van der Waals surface area contributed by atoms with Gasteiger partial charge >= 0.3 is 0 Å². The second-order valence-corrected chi connectivity index (χ2v) is 5.48. The van der Waals surface area contributed by atoms with Gasteiger partial charge in [0.15, 0.2) is 11.5 Å². The van der Waals surface area contributed by atoms with Gasteiger partial charge in [-0.05, 0) is 45.9 Å². The van der Waals surface area contributed by atoms with Gasteiger partial charge in [0.25, 0.3) is 5.91 Å². The van der Waals surface area contributed by atoms with Crippen molar-refractivity contribution < 1.29 is 19.0 Å². The van der Waals surface area contributed by atoms with Crippen molar-refractivity contribution in [2.45, 2.75) is 27.7 Å². The van der Waals surface area contributed by atoms with Crippen LogP contribution in [0.4, 0.5) is 0 Å². The van der Waals surface area contributed by atoms with Gasteiger partial charge in [0, 0.05) is 23.5 Å². The Balaban J connectivity index is 2.29. The standard InChI is InChI=1S/C20H25N3O4/c1-5-25-17-11-16(12-18(26-6-2)19(17)27-7-3)20(24)23-22-14(4)15-9-8-10-21-13-15/h8-13H,5-7H2,1-4H3,(H,23,24)/b22-14+. The minimum Gasteiger partial charge on any atom is -0.490 e. The molecule has 0 unspecified atom stereocenters. The zero-order valence-electron chi connectivity index (χ0n) is 16.1. The van der Waals surface area contributed by atoms with Crippen molar-refractivity contribution in [3.8, 4) is 17.2 Å². The lowest BCUT2D eigenvalue weighted by molar-refractivity contribution is 0.0953. The van der Waals surface area contributed by atoms with E-state index in [2.05, 4.69) is 15.5 Å². The Bertz CT molecular complexity index is 764. The number of nitrogens with zero attached hydrogens (tertiary/aromatic N) is 2. The molecule has 0 radical (unpaired) electrons. The molecule has 0 atom stereocenters. The zero-order valence-corrected chi connectivity index (χ0v) is 16.1. The van der Waals surface area contributed by atoms with Crippen LogP contribution in [0.25, 0.3) is 0 Å². The predicted octanol–water partition coefficient (Wildman–Crippen LogP) is 3.43. The molecule has 27 heavy (non-hydrogen) atoms. The molecule has 2 rings (SSSR count). The fourth-order valence-electron chi connectivity index (χ4n) is 2.36. The number of hydrogen-bond acceptors (Lipinski definition) is 6. The molecule has 0 aliphatic carbocycles. The number of carbonyl (C=O) groups excluding carboxylic acids is 1. The van der Waals surface area contributed by atoms with Crippen LogP contribution in [-0.2, 0) is 0 Å². The Morgan fingerprint density at radius 1 is 1.04 bits per heavy atom. The van der Waals surface area contributed by atoms with Crippen molar-refractivity contribution in [2.75, 3.05) is 19.8 Å². The van der Waals surface area contributed by atoms with Crippen molar-refractivity contribution in [3.63, 3.8) is 0 Å². The van der Waals surface area contributed by atoms with Gasteiger partial charge in [-0.15, -0.1) is 0 Å². The highest BCUT2D eigenvalue weighted by Crippen LogP contribution is 2.39. The molecular formula is C20H25N3O4. The topological polar surface area (TPSA) is 82.0 Å². The quantitative estimate of drug-likeness (QED) is 0.539. The Morgan fingerprint density at radius 3 is 2.19 bits per heavy atom. The number of rotatable bonds is 9. The van der Waals surface area contributed by atoms with Crippen LogP contribution >= 0.6 is 0 Å². The number of nitrogens with one attached hydrogen (secondary N) is 1. The van der Waals surface area contributed by atoms with Crippen LogP contribution in [0.1, 0.15) is 43.6 Å². The number of ether oxygens (including phenoxy) is 3. The van der Waals surface area contributed by atoms with E-state index in [1.165, 1.54) is 0 Å². The van der Waals surface area contributed by atoms with Gasteiger partial charge in [0.2, 0.25) is 5.75 Å². The van der Waals surface area contributed by atoms with E-state index in [0.29, 0.717) is 48.3 Å². The van der Waals surface area contributed by atoms with E-state index in [0.717, 1.165) is 5.56 Å². The first-order valence-electron chi connectivity index (χ1n) is 8.92. The van der Waals surface area contributed by atoms with Gasteiger partial charge in [0.05, 0.1) is 25.5 Å². The fourth-order valence-corrected chi connectivity index (χ4v) is 2.36. The number of pyridine rings is 1. The SMILES string of the molecule is CCOc1cc(C(=O)N/N=C(\C)c2cccnc2)cc(OCC)c1OCC. The van der Waals surface area contributed by atoms with Crippen LogP contribution in [-0.4, -0.2) is 36.4 Å². The molecule has 7 heteroatoms. The Labute approximate surface area is 159 Å². The van der Waals surface area contributed by atoms with Crippen molar-refractivity contribution in [2.24, 2.45) is 5.10 Å². The highest BCUT2D eigenvalue weighted by molar-refractivity contribution is 6.01. The molecule has 144 valence electrons. The van der Waals surface area contributed by atoms with Crippen molar-refractivity contribution in [1.29, 1.82) is 0 Å². The first-order chi connectivity index (χ1) is 13.1. The third-order valence-corrected chi connectivity index (χ3v) is 3.58. The van der Waals surface area contributed by atoms with Crippen molar-refractivity contribution in [3.05, 3.63) is 47.8 Å². The molecule has 1 aromatic carbocycles. The average Bonchev–Trinajstić information content (AvgIpc) is 2.69. The molecule has 0 saturated heterocycles. The van der Waals surface area contributed by atoms with Gasteiger partial charge in [-0.3, -0.25) is 9.78 Å². The highest BCUT2D eigenvalue weighted by Gasteiger charge is 2.18. The summed E-state index contributed by atoms with van der Waals surface area (Å²) in [5.41, 5.74) is 4.40. The second-order valence-electron chi connectivity index (χ2n) is 5.48. The van der Waals surface area contributed by atoms with Crippen LogP contribution in [0.15, 0.2) is 41.8 Å². The lowest BCUT2D eigenvalue weighted by Crippen LogP contribution is -2.20. The van der Waals surface area contributed by atoms with Gasteiger partial charge in [-0.1, -0.05) is 6.07 Å². The number of hydrogen-bond donors (Lipinski definition) is 1. The smallest absolute Gasteiger partial charge is 0.271 e. The maximum absolute atomic E-state index is 12.6. The summed E-state index contributed by atoms with van der Waals surface area (Å²) >= 11 is 0. The lowest BCUT2D eigenvalue weighted by Gasteiger charge is -2.16. The monoisotopic (exact) mass is 371 g/mol. The average molecular weight is 371 g/mol. The van der Waals surface area contributed by atoms with Gasteiger partial charge in [-0.2, -0.15) is 5.10 Å². The molecule has 7 nitrogen and oxygen atoms in total. The molecule has 1 aromatic heterocycles. The summed E-state index contributed by atoms with van der Waals surface area (Å²) in [6, 6.07) is 6.93. The molecule has 0 aliphatic rings. The van der Waals surface area contributed by atoms with Crippen LogP contribution in [0.5, 0.6) is 17.2 Å². The third-order valence-electron chi connectivity index (χ3n) is 3.58. The number of aromatic nitrogens is 1. The maximum Gasteiger partial charge on any atom is 0.271 e. The number of amides is 1. The lowest BCUT2D eigenvalue weighted by atomic mass is 10.1. The highest BCUT2D eigenvalue weighted by atomic mass is 16.5. The summed E-state index contributed by atoms with van der Waals surface area (Å²) in [5.74, 6) is 1.04. The predicted molar refractivity (Wildman–Crippen MR) is 104 cm³/mol. The van der Waals surface area contributed by atoms with E-state index in [-0.39, 0.29) is 5.91 Å². The molecule has 0 spiro atoms. The fraction of sp³-hybridized carbons (Fsp3) is 0.350. The van der Waals surface area contributed by atoms with Crippen LogP contribution in [0.2, 0.25) is 0 Å². The Morgan fingerprint density at radius 2 is 1.67 bits per heavy atom. The minimum absolute atomic E-state index is 0.369. The van der Waals surface area contributed by atoms with Crippen molar-refractivity contribution in [1.82, 2.24) is 10.4 Å². The second kappa shape index (κ2) is 10.2. The zero-order chi connectivity index (χ0) is 19.6. The summed E-state index contributed by atoms with van der Waals surface area (Å²) in [5, 5.41) is 4.15. The van der Waals surface area contributed by atoms with E-state index in [4.69, 9.17) is 14.2 Å². The molecule has 1 N–H and O–H groups in total. The summed E-state index contributed by atoms with van der Waals surface area (Å²) in [6.07, 6.45) is 3.36. The number of benzene rings is 1. The molecular weight excluding hydrogens is 346 g/mol. The molecule has 0 bridgehead atoms. The molecule has 1 amide bonds. The van der Waals surface area contributed by atoms with E-state index in [9.17, 15) is 4.79 Å². The largest absolute Gasteiger partial charge is 0.490 e. The number of hydrazone groups is 1. The van der Waals surface area contributed by atoms with E-state index < -0.39 is 0 Å². The summed E-state index contributed by atoms with van der Waals surface area (Å²) in [7, 11) is 0. The van der Waals surface area contributed by atoms with E-state index in [1.807, 2.05) is 32.9 Å². The van der Waals surface area contributed by atoms with Crippen LogP contribution in [0, 0.1) is 0 Å². The Kier molecular flexibility index (Phi) is 7.61. The summed E-state index contributed by atoms with van der Waals surface area (Å²) < 4.78 is 16.9. The van der Waals surface area contributed by atoms with Crippen molar-refractivity contribution >= 4 is 11.6 Å². The number of carbonyl (C=O) groups is 1. The van der Waals surface area contributed by atoms with E-state index >= 15 is 0 Å². The first-order valence-corrected chi connectivity index (χ1v) is 8.92. The summed E-state index contributed by atoms with van der Waals surface area (Å²) in [6.45, 7) is 8.74. The van der Waals surface area contributed by atoms with Crippen LogP contribution in [0.3, 0.4) is 0 Å². The van der Waals surface area contributed by atoms with Gasteiger partial charge in [0.1, 0.15) is 0 Å². The molecule has 0 saturated carbocycles. The molecule has 0 aliphatic heterocycles. The maximum atomic E-state index is 12.6. The minimum atomic E-state index is -0.372. The molecule has 2 aromatic rings. The first kappa shape index (κ1) is 20.2. The van der Waals surface area contributed by atoms with E-state index in [1.54, 1.807) is 31.5 Å². The van der Waals surface area contributed by atoms with Gasteiger partial charge < -0.3 is 14.2 Å². The third kappa shape index (κ3) is 5.44. The van der Waals surface area contributed by atoms with Crippen LogP contribution < -0.4 is 19.6 Å². The molecule has 0 fully saturated rings.